The SMILES string of the molecule is CCc1c(O)n(C(C)c2ccccn2)c(=O)[nH]c1=O. The number of rotatable bonds is 3. The highest BCUT2D eigenvalue weighted by atomic mass is 16.3. The lowest BCUT2D eigenvalue weighted by atomic mass is 10.2. The zero-order valence-corrected chi connectivity index (χ0v) is 10.8. The van der Waals surface area contributed by atoms with Gasteiger partial charge in [0.05, 0.1) is 17.3 Å². The molecule has 0 saturated carbocycles. The summed E-state index contributed by atoms with van der Waals surface area (Å²) in [7, 11) is 0. The second-order valence-corrected chi connectivity index (χ2v) is 4.22. The van der Waals surface area contributed by atoms with Crippen LogP contribution in [0.3, 0.4) is 0 Å². The van der Waals surface area contributed by atoms with E-state index in [1.807, 2.05) is 0 Å². The van der Waals surface area contributed by atoms with Gasteiger partial charge in [0.15, 0.2) is 0 Å². The Morgan fingerprint density at radius 1 is 1.42 bits per heavy atom. The van der Waals surface area contributed by atoms with E-state index in [4.69, 9.17) is 0 Å². The third-order valence-electron chi connectivity index (χ3n) is 3.07. The molecule has 2 N–H and O–H groups in total. The molecule has 0 aliphatic carbocycles. The summed E-state index contributed by atoms with van der Waals surface area (Å²) in [4.78, 5) is 29.8. The van der Waals surface area contributed by atoms with Crippen molar-refractivity contribution in [1.29, 1.82) is 0 Å². The van der Waals surface area contributed by atoms with Gasteiger partial charge >= 0.3 is 5.69 Å². The summed E-state index contributed by atoms with van der Waals surface area (Å²) in [6, 6.07) is 4.86. The van der Waals surface area contributed by atoms with Crippen molar-refractivity contribution in [3.05, 3.63) is 56.5 Å². The summed E-state index contributed by atoms with van der Waals surface area (Å²) in [5.41, 5.74) is -0.358. The third kappa shape index (κ3) is 2.29. The number of pyridine rings is 1. The molecule has 6 nitrogen and oxygen atoms in total. The number of nitrogens with one attached hydrogen (secondary N) is 1. The summed E-state index contributed by atoms with van der Waals surface area (Å²) < 4.78 is 1.14. The first kappa shape index (κ1) is 13.1. The molecule has 0 saturated heterocycles. The molecular formula is C13H15N3O3. The maximum absolute atomic E-state index is 11.9. The molecule has 1 unspecified atom stereocenters. The van der Waals surface area contributed by atoms with Crippen molar-refractivity contribution in [2.45, 2.75) is 26.3 Å². The topological polar surface area (TPSA) is 88.0 Å². The zero-order valence-electron chi connectivity index (χ0n) is 10.8. The first-order valence-electron chi connectivity index (χ1n) is 6.03. The van der Waals surface area contributed by atoms with E-state index in [0.717, 1.165) is 4.57 Å². The third-order valence-corrected chi connectivity index (χ3v) is 3.07. The van der Waals surface area contributed by atoms with Crippen molar-refractivity contribution in [2.24, 2.45) is 0 Å². The van der Waals surface area contributed by atoms with Crippen LogP contribution in [-0.4, -0.2) is 19.6 Å². The number of hydrogen-bond acceptors (Lipinski definition) is 4. The lowest BCUT2D eigenvalue weighted by Crippen LogP contribution is -2.34. The smallest absolute Gasteiger partial charge is 0.331 e. The highest BCUT2D eigenvalue weighted by Gasteiger charge is 2.18. The maximum atomic E-state index is 11.9. The van der Waals surface area contributed by atoms with Crippen molar-refractivity contribution in [3.63, 3.8) is 0 Å². The molecule has 2 aromatic heterocycles. The van der Waals surface area contributed by atoms with E-state index in [2.05, 4.69) is 9.97 Å². The molecule has 0 bridgehead atoms. The Hall–Kier alpha value is -2.37. The standard InChI is InChI=1S/C13H15N3O3/c1-3-9-11(17)15-13(19)16(12(9)18)8(2)10-6-4-5-7-14-10/h4-8,18H,3H2,1-2H3,(H,15,17,19). The van der Waals surface area contributed by atoms with Crippen LogP contribution in [0.5, 0.6) is 5.88 Å². The molecule has 1 atom stereocenters. The van der Waals surface area contributed by atoms with Crippen molar-refractivity contribution in [2.75, 3.05) is 0 Å². The molecule has 0 spiro atoms. The van der Waals surface area contributed by atoms with Gasteiger partial charge in [-0.1, -0.05) is 13.0 Å². The minimum Gasteiger partial charge on any atom is -0.494 e. The first-order valence-corrected chi connectivity index (χ1v) is 6.03. The average molecular weight is 261 g/mol. The summed E-state index contributed by atoms with van der Waals surface area (Å²) in [5.74, 6) is -0.297. The number of aromatic hydroxyl groups is 1. The van der Waals surface area contributed by atoms with Gasteiger partial charge in [-0.25, -0.2) is 4.79 Å². The van der Waals surface area contributed by atoms with Crippen LogP contribution in [0.2, 0.25) is 0 Å². The van der Waals surface area contributed by atoms with E-state index < -0.39 is 17.3 Å². The molecule has 2 heterocycles. The van der Waals surface area contributed by atoms with Gasteiger partial charge < -0.3 is 5.11 Å². The number of aromatic amines is 1. The quantitative estimate of drug-likeness (QED) is 0.855. The van der Waals surface area contributed by atoms with Gasteiger partial charge in [-0.2, -0.15) is 0 Å². The lowest BCUT2D eigenvalue weighted by Gasteiger charge is -2.17. The maximum Gasteiger partial charge on any atom is 0.331 e. The predicted molar refractivity (Wildman–Crippen MR) is 70.4 cm³/mol. The molecule has 0 fully saturated rings. The summed E-state index contributed by atoms with van der Waals surface area (Å²) in [6.07, 6.45) is 1.96. The fraction of sp³-hybridized carbons (Fsp3) is 0.308. The van der Waals surface area contributed by atoms with E-state index in [9.17, 15) is 14.7 Å². The molecule has 19 heavy (non-hydrogen) atoms. The Balaban J connectivity index is 2.64. The van der Waals surface area contributed by atoms with Crippen LogP contribution in [0.15, 0.2) is 34.0 Å². The van der Waals surface area contributed by atoms with Crippen LogP contribution >= 0.6 is 0 Å². The summed E-state index contributed by atoms with van der Waals surface area (Å²) in [6.45, 7) is 3.48. The monoisotopic (exact) mass is 261 g/mol. The van der Waals surface area contributed by atoms with Crippen LogP contribution in [0.4, 0.5) is 0 Å². The van der Waals surface area contributed by atoms with Gasteiger partial charge in [0.2, 0.25) is 5.88 Å². The average Bonchev–Trinajstić information content (AvgIpc) is 2.39. The zero-order chi connectivity index (χ0) is 14.0. The number of aromatic nitrogens is 3. The van der Waals surface area contributed by atoms with E-state index in [1.165, 1.54) is 0 Å². The molecule has 0 aliphatic rings. The van der Waals surface area contributed by atoms with E-state index in [1.54, 1.807) is 38.2 Å². The Morgan fingerprint density at radius 3 is 2.74 bits per heavy atom. The predicted octanol–water partition coefficient (Wildman–Crippen LogP) is 0.809. The molecule has 0 aliphatic heterocycles. The van der Waals surface area contributed by atoms with Gasteiger partial charge in [0, 0.05) is 6.20 Å². The van der Waals surface area contributed by atoms with Crippen LogP contribution in [0.25, 0.3) is 0 Å². The van der Waals surface area contributed by atoms with Gasteiger partial charge in [-0.05, 0) is 25.5 Å². The van der Waals surface area contributed by atoms with Crippen molar-refractivity contribution in [1.82, 2.24) is 14.5 Å². The Bertz CT molecular complexity index is 689. The highest BCUT2D eigenvalue weighted by Crippen LogP contribution is 2.20. The Kier molecular flexibility index (Phi) is 3.50. The summed E-state index contributed by atoms with van der Waals surface area (Å²) in [5, 5.41) is 10.1. The molecule has 0 radical (unpaired) electrons. The summed E-state index contributed by atoms with van der Waals surface area (Å²) >= 11 is 0. The van der Waals surface area contributed by atoms with E-state index in [0.29, 0.717) is 12.1 Å². The van der Waals surface area contributed by atoms with Crippen LogP contribution in [0.1, 0.15) is 31.1 Å². The molecular weight excluding hydrogens is 246 g/mol. The number of nitrogens with zero attached hydrogens (tertiary/aromatic N) is 2. The molecule has 2 rings (SSSR count). The molecule has 0 aromatic carbocycles. The fourth-order valence-corrected chi connectivity index (χ4v) is 2.01. The normalized spacial score (nSPS) is 12.3. The number of hydrogen-bond donors (Lipinski definition) is 2. The molecule has 100 valence electrons. The minimum absolute atomic E-state index is 0.197. The van der Waals surface area contributed by atoms with Gasteiger partial charge in [-0.15, -0.1) is 0 Å². The second-order valence-electron chi connectivity index (χ2n) is 4.22. The fourth-order valence-electron chi connectivity index (χ4n) is 2.01. The van der Waals surface area contributed by atoms with E-state index in [-0.39, 0.29) is 11.4 Å². The lowest BCUT2D eigenvalue weighted by molar-refractivity contribution is 0.380. The van der Waals surface area contributed by atoms with Gasteiger partial charge in [0.1, 0.15) is 0 Å². The Labute approximate surface area is 109 Å². The van der Waals surface area contributed by atoms with Crippen molar-refractivity contribution in [3.8, 4) is 5.88 Å². The largest absolute Gasteiger partial charge is 0.494 e. The van der Waals surface area contributed by atoms with Gasteiger partial charge in [0.25, 0.3) is 5.56 Å². The minimum atomic E-state index is -0.641. The number of H-pyrrole nitrogens is 1. The molecule has 6 heteroatoms. The van der Waals surface area contributed by atoms with E-state index >= 15 is 0 Å². The molecule has 0 amide bonds. The van der Waals surface area contributed by atoms with Crippen LogP contribution in [0, 0.1) is 0 Å². The second kappa shape index (κ2) is 5.09. The van der Waals surface area contributed by atoms with Crippen molar-refractivity contribution < 1.29 is 5.11 Å². The van der Waals surface area contributed by atoms with Crippen LogP contribution in [-0.2, 0) is 6.42 Å². The van der Waals surface area contributed by atoms with Crippen molar-refractivity contribution >= 4 is 0 Å². The Morgan fingerprint density at radius 2 is 2.16 bits per heavy atom. The first-order chi connectivity index (χ1) is 9.06. The molecule has 2 aromatic rings. The highest BCUT2D eigenvalue weighted by molar-refractivity contribution is 5.25. The van der Waals surface area contributed by atoms with Crippen LogP contribution < -0.4 is 11.2 Å². The van der Waals surface area contributed by atoms with Gasteiger partial charge in [-0.3, -0.25) is 19.3 Å².